The summed E-state index contributed by atoms with van der Waals surface area (Å²) in [7, 11) is 0. The zero-order valence-corrected chi connectivity index (χ0v) is 12.3. The molecule has 1 fully saturated rings. The molecule has 1 aliphatic rings. The van der Waals surface area contributed by atoms with Crippen molar-refractivity contribution in [3.8, 4) is 0 Å². The SMILES string of the molecule is CCC(=Cc1cc(C)nc2ccccc12)CNC1CC1. The summed E-state index contributed by atoms with van der Waals surface area (Å²) in [6, 6.07) is 11.3. The molecule has 3 rings (SSSR count). The number of hydrogen-bond donors (Lipinski definition) is 1. The normalized spacial score (nSPS) is 15.8. The van der Waals surface area contributed by atoms with Crippen molar-refractivity contribution in [1.29, 1.82) is 0 Å². The average molecular weight is 266 g/mol. The molecule has 0 saturated heterocycles. The van der Waals surface area contributed by atoms with Gasteiger partial charge in [-0.15, -0.1) is 0 Å². The van der Waals surface area contributed by atoms with Gasteiger partial charge in [-0.2, -0.15) is 0 Å². The topological polar surface area (TPSA) is 24.9 Å². The van der Waals surface area contributed by atoms with E-state index in [1.54, 1.807) is 0 Å². The fraction of sp³-hybridized carbons (Fsp3) is 0.389. The molecule has 0 amide bonds. The highest BCUT2D eigenvalue weighted by atomic mass is 14.9. The molecule has 1 aliphatic carbocycles. The molecule has 2 nitrogen and oxygen atoms in total. The molecule has 2 aromatic rings. The van der Waals surface area contributed by atoms with Gasteiger partial charge in [-0.3, -0.25) is 4.98 Å². The predicted molar refractivity (Wildman–Crippen MR) is 85.8 cm³/mol. The van der Waals surface area contributed by atoms with Crippen molar-refractivity contribution in [1.82, 2.24) is 10.3 Å². The van der Waals surface area contributed by atoms with Crippen LogP contribution in [0.2, 0.25) is 0 Å². The maximum Gasteiger partial charge on any atom is 0.0711 e. The van der Waals surface area contributed by atoms with Crippen LogP contribution >= 0.6 is 0 Å². The highest BCUT2D eigenvalue weighted by Crippen LogP contribution is 2.22. The third-order valence-electron chi connectivity index (χ3n) is 3.89. The zero-order chi connectivity index (χ0) is 13.9. The molecule has 0 unspecified atom stereocenters. The van der Waals surface area contributed by atoms with Crippen LogP contribution in [-0.4, -0.2) is 17.6 Å². The molecule has 1 saturated carbocycles. The quantitative estimate of drug-likeness (QED) is 0.881. The average Bonchev–Trinajstić information content (AvgIpc) is 3.27. The van der Waals surface area contributed by atoms with E-state index in [2.05, 4.69) is 60.6 Å². The van der Waals surface area contributed by atoms with Crippen LogP contribution in [0.1, 0.15) is 37.4 Å². The van der Waals surface area contributed by atoms with Crippen LogP contribution in [-0.2, 0) is 0 Å². The Balaban J connectivity index is 1.94. The Labute approximate surface area is 120 Å². The lowest BCUT2D eigenvalue weighted by Gasteiger charge is -2.09. The Morgan fingerprint density at radius 3 is 2.90 bits per heavy atom. The van der Waals surface area contributed by atoms with E-state index in [-0.39, 0.29) is 0 Å². The minimum Gasteiger partial charge on any atom is -0.310 e. The molecule has 0 spiro atoms. The molecular weight excluding hydrogens is 244 g/mol. The Kier molecular flexibility index (Phi) is 3.83. The maximum absolute atomic E-state index is 4.61. The minimum atomic E-state index is 0.765. The number of rotatable bonds is 5. The molecule has 20 heavy (non-hydrogen) atoms. The number of aryl methyl sites for hydroxylation is 1. The van der Waals surface area contributed by atoms with Gasteiger partial charge in [-0.25, -0.2) is 0 Å². The van der Waals surface area contributed by atoms with Crippen molar-refractivity contribution in [3.63, 3.8) is 0 Å². The van der Waals surface area contributed by atoms with Gasteiger partial charge in [0.1, 0.15) is 0 Å². The van der Waals surface area contributed by atoms with Crippen molar-refractivity contribution in [2.75, 3.05) is 6.54 Å². The zero-order valence-electron chi connectivity index (χ0n) is 12.3. The lowest BCUT2D eigenvalue weighted by atomic mass is 10.0. The molecule has 0 aliphatic heterocycles. The lowest BCUT2D eigenvalue weighted by Crippen LogP contribution is -2.18. The van der Waals surface area contributed by atoms with E-state index in [1.165, 1.54) is 29.4 Å². The number of pyridine rings is 1. The largest absolute Gasteiger partial charge is 0.310 e. The summed E-state index contributed by atoms with van der Waals surface area (Å²) < 4.78 is 0. The summed E-state index contributed by atoms with van der Waals surface area (Å²) in [5.74, 6) is 0. The lowest BCUT2D eigenvalue weighted by molar-refractivity contribution is 0.723. The third-order valence-corrected chi connectivity index (χ3v) is 3.89. The predicted octanol–water partition coefficient (Wildman–Crippen LogP) is 4.09. The molecule has 1 aromatic heterocycles. The molecule has 1 aromatic carbocycles. The second-order valence-corrected chi connectivity index (χ2v) is 5.68. The number of benzene rings is 1. The van der Waals surface area contributed by atoms with Gasteiger partial charge < -0.3 is 5.32 Å². The van der Waals surface area contributed by atoms with Crippen LogP contribution in [0.15, 0.2) is 35.9 Å². The molecule has 1 heterocycles. The summed E-state index contributed by atoms with van der Waals surface area (Å²) in [5.41, 5.74) is 4.93. The van der Waals surface area contributed by atoms with Crippen molar-refractivity contribution in [3.05, 3.63) is 47.2 Å². The number of hydrogen-bond acceptors (Lipinski definition) is 2. The Bertz CT molecular complexity index is 639. The van der Waals surface area contributed by atoms with Crippen molar-refractivity contribution < 1.29 is 0 Å². The maximum atomic E-state index is 4.61. The van der Waals surface area contributed by atoms with Gasteiger partial charge in [0.05, 0.1) is 5.52 Å². The van der Waals surface area contributed by atoms with E-state index >= 15 is 0 Å². The first kappa shape index (κ1) is 13.3. The smallest absolute Gasteiger partial charge is 0.0711 e. The van der Waals surface area contributed by atoms with Crippen LogP contribution in [0.4, 0.5) is 0 Å². The monoisotopic (exact) mass is 266 g/mol. The fourth-order valence-electron chi connectivity index (χ4n) is 2.52. The highest BCUT2D eigenvalue weighted by molar-refractivity contribution is 5.88. The molecule has 2 heteroatoms. The summed E-state index contributed by atoms with van der Waals surface area (Å²) in [6.07, 6.45) is 6.12. The van der Waals surface area contributed by atoms with Gasteiger partial charge in [0, 0.05) is 23.7 Å². The van der Waals surface area contributed by atoms with Gasteiger partial charge in [-0.05, 0) is 43.9 Å². The molecule has 0 bridgehead atoms. The van der Waals surface area contributed by atoms with Gasteiger partial charge in [0.15, 0.2) is 0 Å². The molecule has 0 radical (unpaired) electrons. The van der Waals surface area contributed by atoms with Crippen LogP contribution < -0.4 is 5.32 Å². The van der Waals surface area contributed by atoms with Gasteiger partial charge in [-0.1, -0.05) is 36.8 Å². The van der Waals surface area contributed by atoms with E-state index in [9.17, 15) is 0 Å². The molecule has 104 valence electrons. The van der Waals surface area contributed by atoms with Crippen molar-refractivity contribution in [2.24, 2.45) is 0 Å². The number of nitrogens with zero attached hydrogens (tertiary/aromatic N) is 1. The number of aromatic nitrogens is 1. The van der Waals surface area contributed by atoms with Crippen LogP contribution in [0.3, 0.4) is 0 Å². The Hall–Kier alpha value is -1.67. The first-order chi connectivity index (χ1) is 9.76. The van der Waals surface area contributed by atoms with E-state index in [4.69, 9.17) is 0 Å². The summed E-state index contributed by atoms with van der Waals surface area (Å²) in [5, 5.41) is 4.85. The van der Waals surface area contributed by atoms with Crippen molar-refractivity contribution in [2.45, 2.75) is 39.2 Å². The summed E-state index contributed by atoms with van der Waals surface area (Å²) in [4.78, 5) is 4.61. The minimum absolute atomic E-state index is 0.765. The number of fused-ring (bicyclic) bond motifs is 1. The Morgan fingerprint density at radius 2 is 2.15 bits per heavy atom. The molecular formula is C18H22N2. The molecule has 0 atom stereocenters. The van der Waals surface area contributed by atoms with Crippen LogP contribution in [0.25, 0.3) is 17.0 Å². The van der Waals surface area contributed by atoms with E-state index < -0.39 is 0 Å². The fourth-order valence-corrected chi connectivity index (χ4v) is 2.52. The van der Waals surface area contributed by atoms with E-state index in [0.29, 0.717) is 0 Å². The summed E-state index contributed by atoms with van der Waals surface area (Å²) in [6.45, 7) is 5.31. The standard InChI is InChI=1S/C18H22N2/c1-3-14(12-19-16-8-9-16)11-15-10-13(2)20-18-7-5-4-6-17(15)18/h4-7,10-11,16,19H,3,8-9,12H2,1-2H3. The van der Waals surface area contributed by atoms with Crippen LogP contribution in [0, 0.1) is 6.92 Å². The third kappa shape index (κ3) is 3.07. The number of nitrogens with one attached hydrogen (secondary N) is 1. The van der Waals surface area contributed by atoms with Gasteiger partial charge in [0.2, 0.25) is 0 Å². The van der Waals surface area contributed by atoms with E-state index in [1.807, 2.05) is 0 Å². The second-order valence-electron chi connectivity index (χ2n) is 5.68. The molecule has 1 N–H and O–H groups in total. The highest BCUT2D eigenvalue weighted by Gasteiger charge is 2.20. The van der Waals surface area contributed by atoms with E-state index in [0.717, 1.165) is 30.2 Å². The number of para-hydroxylation sites is 1. The van der Waals surface area contributed by atoms with Gasteiger partial charge >= 0.3 is 0 Å². The Morgan fingerprint density at radius 1 is 1.35 bits per heavy atom. The first-order valence-electron chi connectivity index (χ1n) is 7.55. The summed E-state index contributed by atoms with van der Waals surface area (Å²) >= 11 is 0. The second kappa shape index (κ2) is 5.76. The van der Waals surface area contributed by atoms with Crippen LogP contribution in [0.5, 0.6) is 0 Å². The van der Waals surface area contributed by atoms with Gasteiger partial charge in [0.25, 0.3) is 0 Å². The first-order valence-corrected chi connectivity index (χ1v) is 7.55. The van der Waals surface area contributed by atoms with Crippen molar-refractivity contribution >= 4 is 17.0 Å².